The molecule has 0 aliphatic heterocycles. The van der Waals surface area contributed by atoms with E-state index in [2.05, 4.69) is 25.1 Å². The van der Waals surface area contributed by atoms with Crippen molar-refractivity contribution in [3.8, 4) is 11.1 Å². The normalized spacial score (nSPS) is 15.8. The molecule has 1 aliphatic rings. The van der Waals surface area contributed by atoms with Crippen LogP contribution in [-0.4, -0.2) is 17.6 Å². The molecule has 3 rings (SSSR count). The van der Waals surface area contributed by atoms with Crippen molar-refractivity contribution in [1.29, 1.82) is 0 Å². The van der Waals surface area contributed by atoms with Gasteiger partial charge in [-0.25, -0.2) is 4.79 Å². The largest absolute Gasteiger partial charge is 0.478 e. The fourth-order valence-electron chi connectivity index (χ4n) is 3.02. The zero-order valence-corrected chi connectivity index (χ0v) is 11.4. The van der Waals surface area contributed by atoms with Gasteiger partial charge in [0.1, 0.15) is 0 Å². The van der Waals surface area contributed by atoms with Crippen LogP contribution in [0.15, 0.2) is 36.4 Å². The Labute approximate surface area is 118 Å². The second kappa shape index (κ2) is 4.76. The highest BCUT2D eigenvalue weighted by Gasteiger charge is 2.28. The van der Waals surface area contributed by atoms with Crippen LogP contribution in [0.4, 0.5) is 0 Å². The second-order valence-corrected chi connectivity index (χ2v) is 5.17. The zero-order valence-electron chi connectivity index (χ0n) is 11.4. The van der Waals surface area contributed by atoms with E-state index < -0.39 is 5.97 Å². The third-order valence-corrected chi connectivity index (χ3v) is 4.10. The number of carboxylic acids is 1. The number of rotatable bonds is 3. The lowest BCUT2D eigenvalue weighted by molar-refractivity contribution is 0.0697. The fourth-order valence-corrected chi connectivity index (χ4v) is 3.02. The molecular formula is C17H17NO2. The van der Waals surface area contributed by atoms with E-state index in [0.29, 0.717) is 12.1 Å². The molecule has 2 aromatic carbocycles. The van der Waals surface area contributed by atoms with Crippen molar-refractivity contribution in [1.82, 2.24) is 0 Å². The van der Waals surface area contributed by atoms with Gasteiger partial charge in [-0.1, -0.05) is 31.2 Å². The SMILES string of the molecule is CCc1ccc2c(c1)C(CN)c1cc(C(=O)O)ccc1-2. The van der Waals surface area contributed by atoms with Gasteiger partial charge < -0.3 is 10.8 Å². The van der Waals surface area contributed by atoms with Crippen LogP contribution >= 0.6 is 0 Å². The maximum absolute atomic E-state index is 11.1. The standard InChI is InChI=1S/C17H17NO2/c1-2-10-3-5-12-13-6-4-11(17(19)20)8-15(13)16(9-18)14(12)7-10/h3-8,16H,2,9,18H2,1H3,(H,19,20). The van der Waals surface area contributed by atoms with E-state index in [0.717, 1.165) is 17.5 Å². The minimum atomic E-state index is -0.895. The fraction of sp³-hybridized carbons (Fsp3) is 0.235. The number of fused-ring (bicyclic) bond motifs is 3. The number of nitrogens with two attached hydrogens (primary N) is 1. The van der Waals surface area contributed by atoms with Gasteiger partial charge in [0.2, 0.25) is 0 Å². The number of benzene rings is 2. The van der Waals surface area contributed by atoms with E-state index in [1.165, 1.54) is 16.7 Å². The van der Waals surface area contributed by atoms with Gasteiger partial charge in [0.25, 0.3) is 0 Å². The van der Waals surface area contributed by atoms with E-state index in [-0.39, 0.29) is 5.92 Å². The summed E-state index contributed by atoms with van der Waals surface area (Å²) in [5, 5.41) is 9.14. The van der Waals surface area contributed by atoms with Crippen molar-refractivity contribution in [3.63, 3.8) is 0 Å². The van der Waals surface area contributed by atoms with Crippen LogP contribution < -0.4 is 5.73 Å². The van der Waals surface area contributed by atoms with Gasteiger partial charge in [-0.3, -0.25) is 0 Å². The average Bonchev–Trinajstić information content (AvgIpc) is 2.78. The molecule has 1 atom stereocenters. The summed E-state index contributed by atoms with van der Waals surface area (Å²) in [7, 11) is 0. The molecule has 1 unspecified atom stereocenters. The Morgan fingerprint density at radius 2 is 1.80 bits per heavy atom. The van der Waals surface area contributed by atoms with Crippen LogP contribution in [0.25, 0.3) is 11.1 Å². The zero-order chi connectivity index (χ0) is 14.3. The van der Waals surface area contributed by atoms with E-state index in [4.69, 9.17) is 10.8 Å². The first-order valence-electron chi connectivity index (χ1n) is 6.86. The predicted octanol–water partition coefficient (Wildman–Crippen LogP) is 3.02. The smallest absolute Gasteiger partial charge is 0.335 e. The molecule has 1 aliphatic carbocycles. The van der Waals surface area contributed by atoms with Crippen molar-refractivity contribution in [3.05, 3.63) is 58.7 Å². The van der Waals surface area contributed by atoms with Crippen molar-refractivity contribution in [2.24, 2.45) is 5.73 Å². The molecule has 102 valence electrons. The molecule has 0 amide bonds. The van der Waals surface area contributed by atoms with Crippen LogP contribution in [-0.2, 0) is 6.42 Å². The van der Waals surface area contributed by atoms with Crippen LogP contribution in [0.2, 0.25) is 0 Å². The Kier molecular flexibility index (Phi) is 3.07. The highest BCUT2D eigenvalue weighted by Crippen LogP contribution is 2.45. The monoisotopic (exact) mass is 267 g/mol. The van der Waals surface area contributed by atoms with Gasteiger partial charge in [0.05, 0.1) is 5.56 Å². The molecule has 3 nitrogen and oxygen atoms in total. The van der Waals surface area contributed by atoms with Gasteiger partial charge in [0, 0.05) is 12.5 Å². The summed E-state index contributed by atoms with van der Waals surface area (Å²) in [6.45, 7) is 2.63. The lowest BCUT2D eigenvalue weighted by atomic mass is 9.95. The molecule has 2 aromatic rings. The quantitative estimate of drug-likeness (QED) is 0.898. The first-order valence-corrected chi connectivity index (χ1v) is 6.86. The lowest BCUT2D eigenvalue weighted by Crippen LogP contribution is -2.12. The molecule has 0 bridgehead atoms. The van der Waals surface area contributed by atoms with E-state index in [9.17, 15) is 4.79 Å². The topological polar surface area (TPSA) is 63.3 Å². The Balaban J connectivity index is 2.19. The highest BCUT2D eigenvalue weighted by atomic mass is 16.4. The first kappa shape index (κ1) is 12.9. The summed E-state index contributed by atoms with van der Waals surface area (Å²) < 4.78 is 0. The maximum Gasteiger partial charge on any atom is 0.335 e. The molecular weight excluding hydrogens is 250 g/mol. The van der Waals surface area contributed by atoms with Gasteiger partial charge in [-0.15, -0.1) is 0 Å². The molecule has 0 fully saturated rings. The molecule has 0 saturated carbocycles. The third kappa shape index (κ3) is 1.82. The Bertz CT molecular complexity index is 691. The summed E-state index contributed by atoms with van der Waals surface area (Å²) in [4.78, 5) is 11.1. The summed E-state index contributed by atoms with van der Waals surface area (Å²) >= 11 is 0. The van der Waals surface area contributed by atoms with E-state index in [1.54, 1.807) is 12.1 Å². The van der Waals surface area contributed by atoms with Crippen LogP contribution in [0, 0.1) is 0 Å². The van der Waals surface area contributed by atoms with Crippen LogP contribution in [0.1, 0.15) is 39.9 Å². The van der Waals surface area contributed by atoms with Gasteiger partial charge in [-0.2, -0.15) is 0 Å². The van der Waals surface area contributed by atoms with Crippen LogP contribution in [0.5, 0.6) is 0 Å². The van der Waals surface area contributed by atoms with Gasteiger partial charge >= 0.3 is 5.97 Å². The summed E-state index contributed by atoms with van der Waals surface area (Å²) in [5.41, 5.74) is 12.1. The molecule has 20 heavy (non-hydrogen) atoms. The Morgan fingerprint density at radius 3 is 2.40 bits per heavy atom. The molecule has 0 aromatic heterocycles. The molecule has 3 N–H and O–H groups in total. The maximum atomic E-state index is 11.1. The Hall–Kier alpha value is -2.13. The molecule has 0 radical (unpaired) electrons. The molecule has 0 heterocycles. The van der Waals surface area contributed by atoms with Gasteiger partial charge in [-0.05, 0) is 46.4 Å². The van der Waals surface area contributed by atoms with E-state index in [1.807, 2.05) is 6.07 Å². The van der Waals surface area contributed by atoms with E-state index >= 15 is 0 Å². The number of aryl methyl sites for hydroxylation is 1. The number of carboxylic acid groups (broad SMARTS) is 1. The summed E-state index contributed by atoms with van der Waals surface area (Å²) in [6.07, 6.45) is 0.987. The Morgan fingerprint density at radius 1 is 1.15 bits per heavy atom. The lowest BCUT2D eigenvalue weighted by Gasteiger charge is -2.11. The highest BCUT2D eigenvalue weighted by molar-refractivity contribution is 5.90. The first-order chi connectivity index (χ1) is 9.65. The van der Waals surface area contributed by atoms with Crippen molar-refractivity contribution in [2.45, 2.75) is 19.3 Å². The molecule has 3 heteroatoms. The van der Waals surface area contributed by atoms with Crippen molar-refractivity contribution >= 4 is 5.97 Å². The minimum Gasteiger partial charge on any atom is -0.478 e. The summed E-state index contributed by atoms with van der Waals surface area (Å²) in [6, 6.07) is 11.8. The van der Waals surface area contributed by atoms with Crippen molar-refractivity contribution < 1.29 is 9.90 Å². The average molecular weight is 267 g/mol. The summed E-state index contributed by atoms with van der Waals surface area (Å²) in [5.74, 6) is -0.792. The second-order valence-electron chi connectivity index (χ2n) is 5.17. The molecule has 0 spiro atoms. The van der Waals surface area contributed by atoms with Gasteiger partial charge in [0.15, 0.2) is 0 Å². The molecule has 0 saturated heterocycles. The van der Waals surface area contributed by atoms with Crippen LogP contribution in [0.3, 0.4) is 0 Å². The number of hydrogen-bond acceptors (Lipinski definition) is 2. The number of aromatic carboxylic acids is 1. The third-order valence-electron chi connectivity index (χ3n) is 4.10. The predicted molar refractivity (Wildman–Crippen MR) is 79.1 cm³/mol. The number of carbonyl (C=O) groups is 1. The number of hydrogen-bond donors (Lipinski definition) is 2. The minimum absolute atomic E-state index is 0.103. The van der Waals surface area contributed by atoms with Crippen molar-refractivity contribution in [2.75, 3.05) is 6.54 Å².